The number of ether oxygens (including phenoxy) is 2. The predicted octanol–water partition coefficient (Wildman–Crippen LogP) is 2.46. The maximum absolute atomic E-state index is 10.8. The standard InChI is InChI=1S/C13H20O5/c1-4-5-8-17-13(18-12(15)16)10(3)7-6-9(2)11(13)14/h6-7,11,14H,4-5,8H2,1-3H3,(H,15,16). The molecule has 0 fully saturated rings. The van der Waals surface area contributed by atoms with E-state index in [1.165, 1.54) is 0 Å². The fraction of sp³-hybridized carbons (Fsp3) is 0.615. The molecule has 2 unspecified atom stereocenters. The number of carbonyl (C=O) groups is 1. The molecule has 1 rings (SSSR count). The van der Waals surface area contributed by atoms with Crippen molar-refractivity contribution in [2.75, 3.05) is 6.61 Å². The van der Waals surface area contributed by atoms with Crippen LogP contribution in [0, 0.1) is 0 Å². The SMILES string of the molecule is CCCCOC1(OC(=O)O)C(C)=CC=C(C)C1O. The number of aliphatic hydroxyl groups excluding tert-OH is 1. The van der Waals surface area contributed by atoms with E-state index in [1.807, 2.05) is 6.92 Å². The van der Waals surface area contributed by atoms with Crippen LogP contribution in [0.25, 0.3) is 0 Å². The molecule has 5 nitrogen and oxygen atoms in total. The number of hydrogen-bond donors (Lipinski definition) is 2. The molecule has 2 atom stereocenters. The molecule has 0 amide bonds. The Hall–Kier alpha value is -1.33. The molecular weight excluding hydrogens is 236 g/mol. The van der Waals surface area contributed by atoms with E-state index >= 15 is 0 Å². The van der Waals surface area contributed by atoms with Gasteiger partial charge >= 0.3 is 6.16 Å². The summed E-state index contributed by atoms with van der Waals surface area (Å²) in [6.45, 7) is 5.72. The second-order valence-corrected chi connectivity index (χ2v) is 4.40. The topological polar surface area (TPSA) is 76.0 Å². The van der Waals surface area contributed by atoms with E-state index in [1.54, 1.807) is 26.0 Å². The van der Waals surface area contributed by atoms with Crippen LogP contribution in [-0.2, 0) is 9.47 Å². The zero-order chi connectivity index (χ0) is 13.8. The number of hydrogen-bond acceptors (Lipinski definition) is 4. The van der Waals surface area contributed by atoms with E-state index < -0.39 is 18.0 Å². The first kappa shape index (κ1) is 14.7. The van der Waals surface area contributed by atoms with Gasteiger partial charge in [0.05, 0.1) is 6.61 Å². The first-order valence-electron chi connectivity index (χ1n) is 6.03. The highest BCUT2D eigenvalue weighted by Gasteiger charge is 2.47. The zero-order valence-electron chi connectivity index (χ0n) is 11.0. The van der Waals surface area contributed by atoms with Gasteiger partial charge in [0.2, 0.25) is 0 Å². The molecule has 1 aliphatic rings. The van der Waals surface area contributed by atoms with Crippen molar-refractivity contribution < 1.29 is 24.5 Å². The van der Waals surface area contributed by atoms with Crippen LogP contribution in [0.2, 0.25) is 0 Å². The lowest BCUT2D eigenvalue weighted by atomic mass is 9.90. The van der Waals surface area contributed by atoms with Gasteiger partial charge in [-0.3, -0.25) is 0 Å². The van der Waals surface area contributed by atoms with Gasteiger partial charge in [-0.05, 0) is 25.8 Å². The quantitative estimate of drug-likeness (QED) is 0.449. The minimum atomic E-state index is -1.61. The van der Waals surface area contributed by atoms with Crippen LogP contribution < -0.4 is 0 Å². The van der Waals surface area contributed by atoms with Gasteiger partial charge in [0.1, 0.15) is 6.10 Å². The number of unbranched alkanes of at least 4 members (excludes halogenated alkanes) is 1. The third-order valence-electron chi connectivity index (χ3n) is 2.99. The number of carboxylic acid groups (broad SMARTS) is 1. The van der Waals surface area contributed by atoms with Crippen LogP contribution in [0.1, 0.15) is 33.6 Å². The van der Waals surface area contributed by atoms with Gasteiger partial charge in [0, 0.05) is 5.57 Å². The third kappa shape index (κ3) is 2.91. The van der Waals surface area contributed by atoms with Crippen molar-refractivity contribution in [1.82, 2.24) is 0 Å². The number of allylic oxidation sites excluding steroid dienone is 2. The van der Waals surface area contributed by atoms with Crippen LogP contribution >= 0.6 is 0 Å². The fourth-order valence-corrected chi connectivity index (χ4v) is 1.84. The Labute approximate surface area is 107 Å². The summed E-state index contributed by atoms with van der Waals surface area (Å²) in [5.41, 5.74) is 1.15. The molecule has 0 saturated carbocycles. The second kappa shape index (κ2) is 6.02. The Morgan fingerprint density at radius 3 is 2.67 bits per heavy atom. The molecule has 0 spiro atoms. The van der Waals surface area contributed by atoms with Crippen molar-refractivity contribution in [2.24, 2.45) is 0 Å². The Morgan fingerprint density at radius 1 is 1.44 bits per heavy atom. The molecule has 0 saturated heterocycles. The van der Waals surface area contributed by atoms with Crippen molar-refractivity contribution in [3.8, 4) is 0 Å². The van der Waals surface area contributed by atoms with E-state index in [9.17, 15) is 9.90 Å². The van der Waals surface area contributed by atoms with E-state index in [2.05, 4.69) is 0 Å². The van der Waals surface area contributed by atoms with Gasteiger partial charge in [0.15, 0.2) is 0 Å². The van der Waals surface area contributed by atoms with Crippen molar-refractivity contribution in [3.05, 3.63) is 23.3 Å². The molecule has 0 aliphatic heterocycles. The Balaban J connectivity index is 2.99. The molecule has 2 N–H and O–H groups in total. The fourth-order valence-electron chi connectivity index (χ4n) is 1.84. The van der Waals surface area contributed by atoms with E-state index in [4.69, 9.17) is 14.6 Å². The van der Waals surface area contributed by atoms with Gasteiger partial charge in [-0.15, -0.1) is 0 Å². The minimum absolute atomic E-state index is 0.333. The Kier molecular flexibility index (Phi) is 4.93. The average Bonchev–Trinajstić information content (AvgIpc) is 2.31. The van der Waals surface area contributed by atoms with E-state index in [-0.39, 0.29) is 0 Å². The molecule has 0 aromatic carbocycles. The van der Waals surface area contributed by atoms with Crippen LogP contribution in [0.15, 0.2) is 23.3 Å². The lowest BCUT2D eigenvalue weighted by Gasteiger charge is -2.39. The van der Waals surface area contributed by atoms with Crippen molar-refractivity contribution in [1.29, 1.82) is 0 Å². The second-order valence-electron chi connectivity index (χ2n) is 4.40. The molecule has 0 heterocycles. The number of aliphatic hydroxyl groups is 1. The van der Waals surface area contributed by atoms with Crippen molar-refractivity contribution in [3.63, 3.8) is 0 Å². The Bertz CT molecular complexity index is 372. The van der Waals surface area contributed by atoms with Gasteiger partial charge in [-0.1, -0.05) is 25.5 Å². The molecule has 0 bridgehead atoms. The first-order chi connectivity index (χ1) is 8.44. The maximum Gasteiger partial charge on any atom is 0.508 e. The molecular formula is C13H20O5. The van der Waals surface area contributed by atoms with Gasteiger partial charge in [-0.2, -0.15) is 0 Å². The summed E-state index contributed by atoms with van der Waals surface area (Å²) in [5.74, 6) is -1.61. The first-order valence-corrected chi connectivity index (χ1v) is 6.03. The number of rotatable bonds is 5. The van der Waals surface area contributed by atoms with E-state index in [0.29, 0.717) is 17.8 Å². The lowest BCUT2D eigenvalue weighted by molar-refractivity contribution is -0.228. The molecule has 0 aromatic rings. The summed E-state index contributed by atoms with van der Waals surface area (Å²) in [6.07, 6.45) is 2.54. The summed E-state index contributed by atoms with van der Waals surface area (Å²) in [7, 11) is 0. The van der Waals surface area contributed by atoms with Crippen LogP contribution in [0.4, 0.5) is 4.79 Å². The predicted molar refractivity (Wildman–Crippen MR) is 66.2 cm³/mol. The summed E-state index contributed by atoms with van der Waals surface area (Å²) in [4.78, 5) is 10.8. The Morgan fingerprint density at radius 2 is 2.11 bits per heavy atom. The maximum atomic E-state index is 10.8. The molecule has 1 aliphatic carbocycles. The molecule has 0 radical (unpaired) electrons. The molecule has 18 heavy (non-hydrogen) atoms. The van der Waals surface area contributed by atoms with Crippen molar-refractivity contribution >= 4 is 6.16 Å². The van der Waals surface area contributed by atoms with Gasteiger partial charge < -0.3 is 19.7 Å². The van der Waals surface area contributed by atoms with Gasteiger partial charge in [-0.25, -0.2) is 4.79 Å². The lowest BCUT2D eigenvalue weighted by Crippen LogP contribution is -2.51. The monoisotopic (exact) mass is 256 g/mol. The zero-order valence-corrected chi connectivity index (χ0v) is 11.0. The summed E-state index contributed by atoms with van der Waals surface area (Å²) in [6, 6.07) is 0. The van der Waals surface area contributed by atoms with Crippen LogP contribution in [-0.4, -0.2) is 34.9 Å². The summed E-state index contributed by atoms with van der Waals surface area (Å²) in [5, 5.41) is 19.0. The summed E-state index contributed by atoms with van der Waals surface area (Å²) < 4.78 is 10.4. The van der Waals surface area contributed by atoms with Crippen LogP contribution in [0.3, 0.4) is 0 Å². The smallest absolute Gasteiger partial charge is 0.450 e. The minimum Gasteiger partial charge on any atom is -0.450 e. The van der Waals surface area contributed by atoms with Gasteiger partial charge in [0.25, 0.3) is 5.79 Å². The molecule has 102 valence electrons. The highest BCUT2D eigenvalue weighted by molar-refractivity contribution is 5.58. The highest BCUT2D eigenvalue weighted by Crippen LogP contribution is 2.34. The summed E-state index contributed by atoms with van der Waals surface area (Å²) >= 11 is 0. The normalized spacial score (nSPS) is 27.4. The van der Waals surface area contributed by atoms with Crippen molar-refractivity contribution in [2.45, 2.75) is 45.5 Å². The van der Waals surface area contributed by atoms with E-state index in [0.717, 1.165) is 12.8 Å². The third-order valence-corrected chi connectivity index (χ3v) is 2.99. The molecule has 0 aromatic heterocycles. The molecule has 5 heteroatoms. The van der Waals surface area contributed by atoms with Crippen LogP contribution in [0.5, 0.6) is 0 Å². The largest absolute Gasteiger partial charge is 0.508 e. The average molecular weight is 256 g/mol. The highest BCUT2D eigenvalue weighted by atomic mass is 16.8.